The van der Waals surface area contributed by atoms with Crippen molar-refractivity contribution in [3.63, 3.8) is 0 Å². The van der Waals surface area contributed by atoms with E-state index >= 15 is 0 Å². The third kappa shape index (κ3) is 3.52. The lowest BCUT2D eigenvalue weighted by molar-refractivity contribution is 0.585. The fourth-order valence-corrected chi connectivity index (χ4v) is 3.83. The Morgan fingerprint density at radius 3 is 2.48 bits per heavy atom. The summed E-state index contributed by atoms with van der Waals surface area (Å²) in [6, 6.07) is 8.47. The molecule has 2 aromatic rings. The smallest absolute Gasteiger partial charge is 0.235 e. The van der Waals surface area contributed by atoms with Gasteiger partial charge >= 0.3 is 0 Å². The molecule has 0 amide bonds. The van der Waals surface area contributed by atoms with E-state index in [9.17, 15) is 17.2 Å². The topological polar surface area (TPSA) is 46.2 Å². The summed E-state index contributed by atoms with van der Waals surface area (Å²) in [5, 5.41) is -0.334. The Morgan fingerprint density at radius 1 is 1.13 bits per heavy atom. The molecule has 2 aromatic carbocycles. The number of nitrogens with one attached hydrogen (secondary N) is 1. The van der Waals surface area contributed by atoms with Crippen LogP contribution in [0.1, 0.15) is 25.3 Å². The zero-order valence-electron chi connectivity index (χ0n) is 12.6. The van der Waals surface area contributed by atoms with E-state index in [2.05, 4.69) is 4.72 Å². The highest BCUT2D eigenvalue weighted by atomic mass is 32.2. The van der Waals surface area contributed by atoms with Crippen molar-refractivity contribution in [2.75, 3.05) is 4.72 Å². The SMILES string of the molecule is CCc1cc(NS(=O)(=O)C2CC2)cc(-c2ccc(F)cc2F)c1. The van der Waals surface area contributed by atoms with Crippen molar-refractivity contribution in [3.05, 3.63) is 53.6 Å². The fourth-order valence-electron chi connectivity index (χ4n) is 2.46. The molecule has 0 radical (unpaired) electrons. The maximum Gasteiger partial charge on any atom is 0.235 e. The van der Waals surface area contributed by atoms with E-state index in [4.69, 9.17) is 0 Å². The van der Waals surface area contributed by atoms with E-state index in [1.54, 1.807) is 18.2 Å². The Morgan fingerprint density at radius 2 is 1.87 bits per heavy atom. The summed E-state index contributed by atoms with van der Waals surface area (Å²) in [6.45, 7) is 1.93. The molecule has 0 unspecified atom stereocenters. The average molecular weight is 337 g/mol. The van der Waals surface area contributed by atoms with Gasteiger partial charge in [-0.05, 0) is 54.7 Å². The van der Waals surface area contributed by atoms with Gasteiger partial charge in [-0.25, -0.2) is 17.2 Å². The Hall–Kier alpha value is -1.95. The van der Waals surface area contributed by atoms with Gasteiger partial charge in [-0.1, -0.05) is 13.0 Å². The van der Waals surface area contributed by atoms with Crippen LogP contribution >= 0.6 is 0 Å². The zero-order valence-corrected chi connectivity index (χ0v) is 13.5. The summed E-state index contributed by atoms with van der Waals surface area (Å²) in [5.41, 5.74) is 2.05. The number of halogens is 2. The minimum absolute atomic E-state index is 0.244. The third-order valence-electron chi connectivity index (χ3n) is 3.87. The van der Waals surface area contributed by atoms with Crippen molar-refractivity contribution >= 4 is 15.7 Å². The standard InChI is InChI=1S/C17H17F2NO2S/c1-2-11-7-12(16-6-3-13(18)10-17(16)19)9-14(8-11)20-23(21,22)15-4-5-15/h3,6-10,15,20H,2,4-5H2,1H3. The van der Waals surface area contributed by atoms with Crippen molar-refractivity contribution in [1.29, 1.82) is 0 Å². The number of hydrogen-bond acceptors (Lipinski definition) is 2. The van der Waals surface area contributed by atoms with Gasteiger partial charge in [0.05, 0.1) is 5.25 Å². The first-order valence-electron chi connectivity index (χ1n) is 7.50. The summed E-state index contributed by atoms with van der Waals surface area (Å²) in [7, 11) is -3.38. The van der Waals surface area contributed by atoms with Crippen molar-refractivity contribution in [1.82, 2.24) is 0 Å². The Balaban J connectivity index is 2.02. The lowest BCUT2D eigenvalue weighted by Crippen LogP contribution is -2.17. The molecule has 0 atom stereocenters. The average Bonchev–Trinajstić information content (AvgIpc) is 3.31. The highest BCUT2D eigenvalue weighted by molar-refractivity contribution is 7.93. The summed E-state index contributed by atoms with van der Waals surface area (Å²) in [4.78, 5) is 0. The third-order valence-corrected chi connectivity index (χ3v) is 5.74. The molecule has 23 heavy (non-hydrogen) atoms. The van der Waals surface area contributed by atoms with Gasteiger partial charge in [0.15, 0.2) is 0 Å². The fraction of sp³-hybridized carbons (Fsp3) is 0.294. The van der Waals surface area contributed by atoms with Crippen LogP contribution in [0.2, 0.25) is 0 Å². The van der Waals surface area contributed by atoms with Crippen LogP contribution in [-0.2, 0) is 16.4 Å². The molecule has 0 saturated heterocycles. The van der Waals surface area contributed by atoms with Crippen LogP contribution in [0.4, 0.5) is 14.5 Å². The molecule has 122 valence electrons. The predicted molar refractivity (Wildman–Crippen MR) is 86.7 cm³/mol. The van der Waals surface area contributed by atoms with E-state index in [1.165, 1.54) is 12.1 Å². The second-order valence-electron chi connectivity index (χ2n) is 5.74. The maximum atomic E-state index is 14.0. The second kappa shape index (κ2) is 5.92. The highest BCUT2D eigenvalue weighted by Gasteiger charge is 2.35. The molecule has 0 bridgehead atoms. The molecular weight excluding hydrogens is 320 g/mol. The van der Waals surface area contributed by atoms with Gasteiger partial charge in [0, 0.05) is 17.3 Å². The number of aryl methyl sites for hydroxylation is 1. The largest absolute Gasteiger partial charge is 0.283 e. The molecular formula is C17H17F2NO2S. The zero-order chi connectivity index (χ0) is 16.6. The number of benzene rings is 2. The predicted octanol–water partition coefficient (Wildman–Crippen LogP) is 4.10. The van der Waals surface area contributed by atoms with E-state index in [-0.39, 0.29) is 10.8 Å². The number of rotatable bonds is 5. The monoisotopic (exact) mass is 337 g/mol. The molecule has 3 nitrogen and oxygen atoms in total. The second-order valence-corrected chi connectivity index (χ2v) is 7.70. The van der Waals surface area contributed by atoms with Crippen LogP contribution < -0.4 is 4.72 Å². The summed E-state index contributed by atoms with van der Waals surface area (Å²) >= 11 is 0. The van der Waals surface area contributed by atoms with E-state index < -0.39 is 21.7 Å². The normalized spacial score (nSPS) is 14.7. The van der Waals surface area contributed by atoms with Gasteiger partial charge in [-0.3, -0.25) is 4.72 Å². The van der Waals surface area contributed by atoms with Crippen LogP contribution in [-0.4, -0.2) is 13.7 Å². The van der Waals surface area contributed by atoms with Crippen LogP contribution in [0, 0.1) is 11.6 Å². The van der Waals surface area contributed by atoms with Crippen molar-refractivity contribution in [3.8, 4) is 11.1 Å². The lowest BCUT2D eigenvalue weighted by Gasteiger charge is -2.12. The minimum Gasteiger partial charge on any atom is -0.283 e. The van der Waals surface area contributed by atoms with Gasteiger partial charge in [0.25, 0.3) is 0 Å². The Labute approximate surface area is 134 Å². The van der Waals surface area contributed by atoms with Crippen molar-refractivity contribution in [2.24, 2.45) is 0 Å². The Kier molecular flexibility index (Phi) is 4.10. The first-order chi connectivity index (χ1) is 10.9. The first kappa shape index (κ1) is 15.9. The molecule has 6 heteroatoms. The van der Waals surface area contributed by atoms with E-state index in [0.717, 1.165) is 11.6 Å². The van der Waals surface area contributed by atoms with E-state index in [0.29, 0.717) is 30.5 Å². The van der Waals surface area contributed by atoms with Crippen molar-refractivity contribution < 1.29 is 17.2 Å². The first-order valence-corrected chi connectivity index (χ1v) is 9.04. The van der Waals surface area contributed by atoms with Crippen LogP contribution in [0.25, 0.3) is 11.1 Å². The highest BCUT2D eigenvalue weighted by Crippen LogP contribution is 2.32. The van der Waals surface area contributed by atoms with Gasteiger partial charge in [0.2, 0.25) is 10.0 Å². The maximum absolute atomic E-state index is 14.0. The molecule has 0 spiro atoms. The molecule has 0 heterocycles. The van der Waals surface area contributed by atoms with Crippen LogP contribution in [0.5, 0.6) is 0 Å². The van der Waals surface area contributed by atoms with Gasteiger partial charge in [0.1, 0.15) is 11.6 Å². The van der Waals surface area contributed by atoms with Gasteiger partial charge in [-0.2, -0.15) is 0 Å². The molecule has 0 aliphatic heterocycles. The number of hydrogen-bond donors (Lipinski definition) is 1. The quantitative estimate of drug-likeness (QED) is 0.893. The summed E-state index contributed by atoms with van der Waals surface area (Å²) < 4.78 is 53.8. The molecule has 1 saturated carbocycles. The molecule has 1 aliphatic rings. The summed E-state index contributed by atoms with van der Waals surface area (Å²) in [5.74, 6) is -1.32. The molecule has 1 fully saturated rings. The van der Waals surface area contributed by atoms with Gasteiger partial charge < -0.3 is 0 Å². The number of sulfonamides is 1. The lowest BCUT2D eigenvalue weighted by atomic mass is 10.0. The summed E-state index contributed by atoms with van der Waals surface area (Å²) in [6.07, 6.45) is 2.01. The Bertz CT molecular complexity index is 846. The number of anilines is 1. The van der Waals surface area contributed by atoms with Crippen LogP contribution in [0.15, 0.2) is 36.4 Å². The van der Waals surface area contributed by atoms with Gasteiger partial charge in [-0.15, -0.1) is 0 Å². The molecule has 3 rings (SSSR count). The van der Waals surface area contributed by atoms with E-state index in [1.807, 2.05) is 6.92 Å². The molecule has 1 aliphatic carbocycles. The minimum atomic E-state index is -3.38. The van der Waals surface area contributed by atoms with Crippen LogP contribution in [0.3, 0.4) is 0 Å². The van der Waals surface area contributed by atoms with Crippen molar-refractivity contribution in [2.45, 2.75) is 31.4 Å². The molecule has 0 aromatic heterocycles. The molecule has 1 N–H and O–H groups in total.